The number of nitrogens with zero attached hydrogens (tertiary/aromatic N) is 5. The minimum Gasteiger partial charge on any atom is -0.317 e. The number of hydrazone groups is 1. The van der Waals surface area contributed by atoms with Gasteiger partial charge >= 0.3 is 0 Å². The fourth-order valence-corrected chi connectivity index (χ4v) is 3.70. The third-order valence-electron chi connectivity index (χ3n) is 3.92. The van der Waals surface area contributed by atoms with Crippen molar-refractivity contribution in [2.75, 3.05) is 22.6 Å². The van der Waals surface area contributed by atoms with Crippen LogP contribution in [0.25, 0.3) is 0 Å². The molecule has 7 nitrogen and oxygen atoms in total. The molecule has 0 saturated carbocycles. The molecule has 0 aromatic heterocycles. The first-order valence-corrected chi connectivity index (χ1v) is 9.32. The molecule has 0 amide bonds. The molecule has 0 atom stereocenters. The number of nitriles is 1. The quantitative estimate of drug-likeness (QED) is 0.826. The van der Waals surface area contributed by atoms with Crippen LogP contribution in [0.4, 0.5) is 11.4 Å². The van der Waals surface area contributed by atoms with Crippen molar-refractivity contribution in [3.8, 4) is 6.07 Å². The van der Waals surface area contributed by atoms with Crippen LogP contribution in [0.1, 0.15) is 25.0 Å². The highest BCUT2D eigenvalue weighted by Crippen LogP contribution is 2.36. The monoisotopic (exact) mass is 359 g/mol. The van der Waals surface area contributed by atoms with Gasteiger partial charge in [0, 0.05) is 12.7 Å². The van der Waals surface area contributed by atoms with Crippen molar-refractivity contribution in [1.82, 2.24) is 4.90 Å². The van der Waals surface area contributed by atoms with E-state index < -0.39 is 10.0 Å². The van der Waals surface area contributed by atoms with E-state index in [1.807, 2.05) is 25.8 Å². The number of hydrogen-bond acceptors (Lipinski definition) is 6. The van der Waals surface area contributed by atoms with E-state index in [1.165, 1.54) is 0 Å². The summed E-state index contributed by atoms with van der Waals surface area (Å²) >= 11 is 0. The van der Waals surface area contributed by atoms with Crippen LogP contribution in [0.15, 0.2) is 41.9 Å². The predicted octanol–water partition coefficient (Wildman–Crippen LogP) is 2.72. The van der Waals surface area contributed by atoms with Gasteiger partial charge in [0.2, 0.25) is 10.0 Å². The third kappa shape index (κ3) is 3.23. The number of sulfonamides is 1. The Morgan fingerprint density at radius 1 is 1.36 bits per heavy atom. The van der Waals surface area contributed by atoms with Gasteiger partial charge in [-0.25, -0.2) is 17.7 Å². The van der Waals surface area contributed by atoms with E-state index in [9.17, 15) is 13.7 Å². The van der Waals surface area contributed by atoms with Crippen molar-refractivity contribution in [3.05, 3.63) is 47.9 Å². The van der Waals surface area contributed by atoms with Gasteiger partial charge in [0.05, 0.1) is 23.2 Å². The highest BCUT2D eigenvalue weighted by atomic mass is 32.2. The van der Waals surface area contributed by atoms with Gasteiger partial charge in [-0.3, -0.25) is 0 Å². The summed E-state index contributed by atoms with van der Waals surface area (Å²) in [7, 11) is -1.80. The molecule has 0 spiro atoms. The first-order chi connectivity index (χ1) is 11.5. The summed E-state index contributed by atoms with van der Waals surface area (Å²) in [4.78, 5) is 1.82. The summed E-state index contributed by atoms with van der Waals surface area (Å²) in [5, 5.41) is 15.5. The SMILES string of the molecule is C=C1N(C)C(C)=NN1c1cc(N(C(=C)C)S(C)(=O)=O)c(C#N)cc1C. The molecule has 2 rings (SSSR count). The summed E-state index contributed by atoms with van der Waals surface area (Å²) in [6.07, 6.45) is 1.08. The summed E-state index contributed by atoms with van der Waals surface area (Å²) in [5.41, 5.74) is 2.22. The van der Waals surface area contributed by atoms with E-state index in [1.54, 1.807) is 24.1 Å². The van der Waals surface area contributed by atoms with Crippen LogP contribution in [0.5, 0.6) is 0 Å². The minimum absolute atomic E-state index is 0.244. The van der Waals surface area contributed by atoms with E-state index >= 15 is 0 Å². The van der Waals surface area contributed by atoms with E-state index in [4.69, 9.17) is 0 Å². The van der Waals surface area contributed by atoms with E-state index in [2.05, 4.69) is 24.3 Å². The number of rotatable bonds is 4. The van der Waals surface area contributed by atoms with Crippen LogP contribution in [-0.4, -0.2) is 32.5 Å². The fraction of sp³-hybridized carbons (Fsp3) is 0.294. The Labute approximate surface area is 148 Å². The maximum Gasteiger partial charge on any atom is 0.236 e. The Morgan fingerprint density at radius 2 is 1.96 bits per heavy atom. The number of allylic oxidation sites excluding steroid dienone is 1. The topological polar surface area (TPSA) is 80.0 Å². The number of anilines is 2. The average Bonchev–Trinajstić information content (AvgIpc) is 2.74. The van der Waals surface area contributed by atoms with Crippen molar-refractivity contribution in [3.63, 3.8) is 0 Å². The van der Waals surface area contributed by atoms with Crippen LogP contribution >= 0.6 is 0 Å². The molecule has 25 heavy (non-hydrogen) atoms. The first-order valence-electron chi connectivity index (χ1n) is 7.47. The largest absolute Gasteiger partial charge is 0.317 e. The second-order valence-electron chi connectivity index (χ2n) is 5.96. The zero-order valence-corrected chi connectivity index (χ0v) is 15.8. The predicted molar refractivity (Wildman–Crippen MR) is 101 cm³/mol. The molecule has 0 unspecified atom stereocenters. The van der Waals surface area contributed by atoms with Gasteiger partial charge in [0.15, 0.2) is 0 Å². The molecule has 1 aromatic carbocycles. The fourth-order valence-electron chi connectivity index (χ4n) is 2.63. The molecular weight excluding hydrogens is 338 g/mol. The molecule has 1 aromatic rings. The zero-order valence-electron chi connectivity index (χ0n) is 15.0. The van der Waals surface area contributed by atoms with E-state index in [0.717, 1.165) is 22.0 Å². The van der Waals surface area contributed by atoms with Crippen molar-refractivity contribution >= 4 is 27.2 Å². The number of amidine groups is 1. The molecule has 0 N–H and O–H groups in total. The summed E-state index contributed by atoms with van der Waals surface area (Å²) in [6.45, 7) is 13.0. The van der Waals surface area contributed by atoms with Gasteiger partial charge in [-0.05, 0) is 38.5 Å². The maximum atomic E-state index is 12.2. The number of aryl methyl sites for hydroxylation is 1. The standard InChI is InChI=1S/C17H21N5O2S/c1-11(2)22(25(7,23)24)17-9-16(12(3)8-15(17)10-18)21-14(5)20(6)13(4)19-21/h8-9H,1,5H2,2-4,6-7H3. The van der Waals surface area contributed by atoms with Crippen molar-refractivity contribution < 1.29 is 8.42 Å². The van der Waals surface area contributed by atoms with Crippen LogP contribution in [0, 0.1) is 18.3 Å². The van der Waals surface area contributed by atoms with Crippen LogP contribution < -0.4 is 9.31 Å². The smallest absolute Gasteiger partial charge is 0.236 e. The molecular formula is C17H21N5O2S. The van der Waals surface area contributed by atoms with Crippen molar-refractivity contribution in [2.24, 2.45) is 5.10 Å². The van der Waals surface area contributed by atoms with Gasteiger partial charge in [-0.2, -0.15) is 10.4 Å². The van der Waals surface area contributed by atoms with Gasteiger partial charge in [0.25, 0.3) is 0 Å². The molecule has 1 aliphatic rings. The molecule has 1 aliphatic heterocycles. The lowest BCUT2D eigenvalue weighted by molar-refractivity contribution is 0.600. The lowest BCUT2D eigenvalue weighted by Gasteiger charge is -2.26. The van der Waals surface area contributed by atoms with Crippen LogP contribution in [0.2, 0.25) is 0 Å². The average molecular weight is 359 g/mol. The molecule has 0 radical (unpaired) electrons. The maximum absolute atomic E-state index is 12.2. The Kier molecular flexibility index (Phi) is 4.64. The number of hydrogen-bond donors (Lipinski definition) is 0. The van der Waals surface area contributed by atoms with Crippen molar-refractivity contribution in [2.45, 2.75) is 20.8 Å². The molecule has 0 bridgehead atoms. The highest BCUT2D eigenvalue weighted by Gasteiger charge is 2.28. The molecule has 1 heterocycles. The van der Waals surface area contributed by atoms with Crippen molar-refractivity contribution in [1.29, 1.82) is 5.26 Å². The number of benzene rings is 1. The highest BCUT2D eigenvalue weighted by molar-refractivity contribution is 7.92. The lowest BCUT2D eigenvalue weighted by atomic mass is 10.1. The zero-order chi connectivity index (χ0) is 19.1. The third-order valence-corrected chi connectivity index (χ3v) is 5.09. The Hall–Kier alpha value is -2.79. The Bertz CT molecular complexity index is 941. The van der Waals surface area contributed by atoms with Gasteiger partial charge < -0.3 is 4.90 Å². The van der Waals surface area contributed by atoms with E-state index in [-0.39, 0.29) is 11.3 Å². The van der Waals surface area contributed by atoms with Crippen LogP contribution in [-0.2, 0) is 10.0 Å². The summed E-state index contributed by atoms with van der Waals surface area (Å²) in [6, 6.07) is 5.33. The Morgan fingerprint density at radius 3 is 2.36 bits per heavy atom. The second-order valence-corrected chi connectivity index (χ2v) is 7.80. The Balaban J connectivity index is 2.73. The van der Waals surface area contributed by atoms with E-state index in [0.29, 0.717) is 17.2 Å². The lowest BCUT2D eigenvalue weighted by Crippen LogP contribution is -2.29. The van der Waals surface area contributed by atoms with Gasteiger partial charge in [-0.15, -0.1) is 0 Å². The molecule has 8 heteroatoms. The summed E-state index contributed by atoms with van der Waals surface area (Å²) < 4.78 is 25.5. The molecule has 0 saturated heterocycles. The van der Waals surface area contributed by atoms with Gasteiger partial charge in [0.1, 0.15) is 17.7 Å². The summed E-state index contributed by atoms with van der Waals surface area (Å²) in [5.74, 6) is 1.40. The normalized spacial score (nSPS) is 14.4. The molecule has 132 valence electrons. The van der Waals surface area contributed by atoms with Crippen LogP contribution in [0.3, 0.4) is 0 Å². The molecule has 0 fully saturated rings. The van der Waals surface area contributed by atoms with Gasteiger partial charge in [-0.1, -0.05) is 13.2 Å². The molecule has 0 aliphatic carbocycles. The second kappa shape index (κ2) is 6.26. The first kappa shape index (κ1) is 18.5. The minimum atomic E-state index is -3.64.